The number of hydrogen-bond donors (Lipinski definition) is 0. The minimum absolute atomic E-state index is 0. The Morgan fingerprint density at radius 2 is 1.80 bits per heavy atom. The quantitative estimate of drug-likeness (QED) is 0.517. The van der Waals surface area contributed by atoms with Crippen molar-refractivity contribution in [1.29, 1.82) is 0 Å². The van der Waals surface area contributed by atoms with Gasteiger partial charge in [0.2, 0.25) is 0 Å². The molecule has 86 valence electrons. The van der Waals surface area contributed by atoms with Gasteiger partial charge in [0.1, 0.15) is 6.61 Å². The third-order valence-corrected chi connectivity index (χ3v) is 2.08. The molecule has 1 aromatic carbocycles. The van der Waals surface area contributed by atoms with E-state index < -0.39 is 0 Å². The van der Waals surface area contributed by atoms with Crippen LogP contribution < -0.4 is 21.6 Å². The molecule has 0 spiro atoms. The second-order valence-corrected chi connectivity index (χ2v) is 4.40. The highest BCUT2D eigenvalue weighted by Gasteiger charge is 2.17. The van der Waals surface area contributed by atoms with Gasteiger partial charge in [-0.15, -0.1) is 11.6 Å². The van der Waals surface area contributed by atoms with E-state index in [2.05, 4.69) is 27.2 Å². The van der Waals surface area contributed by atoms with Crippen LogP contribution in [-0.4, -0.2) is 33.6 Å². The van der Waals surface area contributed by atoms with Crippen molar-refractivity contribution in [3.05, 3.63) is 24.3 Å². The van der Waals surface area contributed by atoms with Crippen molar-refractivity contribution in [3.63, 3.8) is 0 Å². The fourth-order valence-corrected chi connectivity index (χ4v) is 1.36. The number of hydrogen-bond acceptors (Lipinski definition) is 1. The molecule has 1 rings (SSSR count). The Hall–Kier alpha value is -0.440. The Bertz CT molecular complexity index is 297. The van der Waals surface area contributed by atoms with E-state index in [1.54, 1.807) is 0 Å². The molecule has 4 heteroatoms. The van der Waals surface area contributed by atoms with Gasteiger partial charge in [0, 0.05) is 6.07 Å². The van der Waals surface area contributed by atoms with Crippen LogP contribution in [0.2, 0.25) is 0 Å². The van der Waals surface area contributed by atoms with Crippen molar-refractivity contribution < 1.29 is 17.1 Å². The van der Waals surface area contributed by atoms with E-state index in [0.29, 0.717) is 12.5 Å². The van der Waals surface area contributed by atoms with E-state index in [1.165, 1.54) is 0 Å². The normalized spacial score (nSPS) is 10.7. The van der Waals surface area contributed by atoms with Crippen LogP contribution >= 0.6 is 11.6 Å². The summed E-state index contributed by atoms with van der Waals surface area (Å²) >= 11 is 5.59. The van der Waals surface area contributed by atoms with E-state index >= 15 is 0 Å². The van der Waals surface area contributed by atoms with Gasteiger partial charge in [-0.1, -0.05) is 12.1 Å². The highest BCUT2D eigenvalue weighted by Crippen LogP contribution is 2.29. The van der Waals surface area contributed by atoms with Crippen LogP contribution in [0, 0.1) is 0 Å². The van der Waals surface area contributed by atoms with E-state index in [4.69, 9.17) is 16.3 Å². The summed E-state index contributed by atoms with van der Waals surface area (Å²) in [6, 6.07) is 8.05. The van der Waals surface area contributed by atoms with Gasteiger partial charge in [0.15, 0.2) is 11.4 Å². The average Bonchev–Trinajstić information content (AvgIpc) is 2.14. The van der Waals surface area contributed by atoms with Gasteiger partial charge < -0.3 is 17.1 Å². The van der Waals surface area contributed by atoms with Crippen molar-refractivity contribution >= 4 is 17.3 Å². The Morgan fingerprint density at radius 3 is 2.33 bits per heavy atom. The van der Waals surface area contributed by atoms with E-state index in [9.17, 15) is 0 Å². The molecule has 1 aromatic rings. The largest absolute Gasteiger partial charge is 1.00 e. The van der Waals surface area contributed by atoms with Crippen molar-refractivity contribution in [1.82, 2.24) is 4.48 Å². The zero-order valence-corrected chi connectivity index (χ0v) is 10.8. The van der Waals surface area contributed by atoms with Crippen molar-refractivity contribution in [3.8, 4) is 5.75 Å². The standard InChI is InChI=1S/C11H17ClNO.ClH/c1-13(2,3)10-6-4-5-7-11(10)14-9-8-12;/h4-7H,8-9H2,1-3H3;1H/q+1;/p-1. The molecular weight excluding hydrogens is 233 g/mol. The summed E-state index contributed by atoms with van der Waals surface area (Å²) in [7, 11) is 6.34. The summed E-state index contributed by atoms with van der Waals surface area (Å²) < 4.78 is 6.31. The first-order chi connectivity index (χ1) is 6.55. The molecule has 0 amide bonds. The van der Waals surface area contributed by atoms with Crippen LogP contribution in [0.3, 0.4) is 0 Å². The van der Waals surface area contributed by atoms with Gasteiger partial charge >= 0.3 is 0 Å². The highest BCUT2D eigenvalue weighted by molar-refractivity contribution is 6.18. The first-order valence-corrected chi connectivity index (χ1v) is 5.19. The average molecular weight is 250 g/mol. The molecule has 0 fully saturated rings. The predicted octanol–water partition coefficient (Wildman–Crippen LogP) is -0.495. The van der Waals surface area contributed by atoms with E-state index in [-0.39, 0.29) is 12.4 Å². The number of halogens is 2. The number of alkyl halides is 1. The maximum Gasteiger partial charge on any atom is 0.180 e. The Balaban J connectivity index is 0.00000196. The molecule has 0 unspecified atom stereocenters. The number of nitrogens with zero attached hydrogens (tertiary/aromatic N) is 1. The van der Waals surface area contributed by atoms with Crippen LogP contribution in [0.4, 0.5) is 5.69 Å². The van der Waals surface area contributed by atoms with Crippen LogP contribution in [-0.2, 0) is 0 Å². The summed E-state index contributed by atoms with van der Waals surface area (Å²) in [6.07, 6.45) is 0. The summed E-state index contributed by atoms with van der Waals surface area (Å²) in [5.74, 6) is 1.44. The third kappa shape index (κ3) is 4.29. The van der Waals surface area contributed by atoms with Gasteiger partial charge in [-0.25, -0.2) is 0 Å². The lowest BCUT2D eigenvalue weighted by atomic mass is 10.2. The Labute approximate surface area is 103 Å². The molecule has 0 N–H and O–H groups in total. The van der Waals surface area contributed by atoms with Gasteiger partial charge in [-0.05, 0) is 6.07 Å². The van der Waals surface area contributed by atoms with Gasteiger partial charge in [-0.3, -0.25) is 4.48 Å². The van der Waals surface area contributed by atoms with Crippen molar-refractivity contribution in [2.45, 2.75) is 0 Å². The number of para-hydroxylation sites is 2. The zero-order valence-electron chi connectivity index (χ0n) is 9.34. The number of quaternary nitrogens is 1. The summed E-state index contributed by atoms with van der Waals surface area (Å²) in [6.45, 7) is 0.554. The van der Waals surface area contributed by atoms with Crippen LogP contribution in [0.1, 0.15) is 0 Å². The lowest BCUT2D eigenvalue weighted by Gasteiger charge is -2.25. The van der Waals surface area contributed by atoms with Crippen molar-refractivity contribution in [2.24, 2.45) is 0 Å². The molecule has 0 aliphatic carbocycles. The molecule has 0 aliphatic heterocycles. The first-order valence-electron chi connectivity index (χ1n) is 4.65. The smallest absolute Gasteiger partial charge is 0.180 e. The minimum atomic E-state index is 0. The van der Waals surface area contributed by atoms with Gasteiger partial charge in [-0.2, -0.15) is 0 Å². The lowest BCUT2D eigenvalue weighted by Crippen LogP contribution is -3.00. The molecule has 0 saturated carbocycles. The first kappa shape index (κ1) is 14.6. The fourth-order valence-electron chi connectivity index (χ4n) is 1.28. The van der Waals surface area contributed by atoms with Gasteiger partial charge in [0.25, 0.3) is 0 Å². The molecule has 0 aliphatic rings. The van der Waals surface area contributed by atoms with E-state index in [0.717, 1.165) is 15.9 Å². The zero-order chi connectivity index (χ0) is 10.6. The number of ether oxygens (including phenoxy) is 1. The number of benzene rings is 1. The topological polar surface area (TPSA) is 9.23 Å². The second kappa shape index (κ2) is 6.21. The predicted molar refractivity (Wildman–Crippen MR) is 62.2 cm³/mol. The molecule has 0 aromatic heterocycles. The van der Waals surface area contributed by atoms with Gasteiger partial charge in [0.05, 0.1) is 27.0 Å². The van der Waals surface area contributed by atoms with E-state index in [1.807, 2.05) is 18.2 Å². The van der Waals surface area contributed by atoms with Crippen LogP contribution in [0.5, 0.6) is 5.75 Å². The summed E-state index contributed by atoms with van der Waals surface area (Å²) in [5.41, 5.74) is 1.16. The third-order valence-electron chi connectivity index (χ3n) is 1.92. The minimum Gasteiger partial charge on any atom is -1.00 e. The molecule has 2 nitrogen and oxygen atoms in total. The lowest BCUT2D eigenvalue weighted by molar-refractivity contribution is -0.00000361. The molecule has 0 heterocycles. The fraction of sp³-hybridized carbons (Fsp3) is 0.455. The number of rotatable bonds is 4. The molecule has 15 heavy (non-hydrogen) atoms. The Morgan fingerprint density at radius 1 is 1.20 bits per heavy atom. The highest BCUT2D eigenvalue weighted by atomic mass is 35.5. The monoisotopic (exact) mass is 249 g/mol. The molecule has 0 radical (unpaired) electrons. The van der Waals surface area contributed by atoms with Crippen molar-refractivity contribution in [2.75, 3.05) is 33.6 Å². The Kier molecular flexibility index (Phi) is 6.03. The maximum atomic E-state index is 5.59. The molecule has 0 saturated heterocycles. The summed E-state index contributed by atoms with van der Waals surface area (Å²) in [5, 5.41) is 0. The summed E-state index contributed by atoms with van der Waals surface area (Å²) in [4.78, 5) is 0. The molecule has 0 atom stereocenters. The maximum absolute atomic E-state index is 5.59. The second-order valence-electron chi connectivity index (χ2n) is 4.02. The molecule has 0 bridgehead atoms. The SMILES string of the molecule is C[N+](C)(C)c1ccccc1OCCCl.[Cl-]. The molecular formula is C11H17Cl2NO. The van der Waals surface area contributed by atoms with Crippen LogP contribution in [0.25, 0.3) is 0 Å². The van der Waals surface area contributed by atoms with Crippen LogP contribution in [0.15, 0.2) is 24.3 Å².